The molecule has 0 atom stereocenters. The van der Waals surface area contributed by atoms with Gasteiger partial charge in [-0.15, -0.1) is 0 Å². The summed E-state index contributed by atoms with van der Waals surface area (Å²) in [5.74, 6) is 0.162. The Bertz CT molecular complexity index is 449. The van der Waals surface area contributed by atoms with Crippen molar-refractivity contribution in [3.05, 3.63) is 35.9 Å². The van der Waals surface area contributed by atoms with Crippen molar-refractivity contribution < 1.29 is 4.79 Å². The number of nitrogens with zero attached hydrogens (tertiary/aromatic N) is 1. The third kappa shape index (κ3) is 7.41. The van der Waals surface area contributed by atoms with E-state index in [9.17, 15) is 4.79 Å². The van der Waals surface area contributed by atoms with Gasteiger partial charge in [0.15, 0.2) is 5.96 Å². The van der Waals surface area contributed by atoms with Crippen LogP contribution in [-0.2, 0) is 11.2 Å². The average molecular weight is 276 g/mol. The third-order valence-corrected chi connectivity index (χ3v) is 2.47. The summed E-state index contributed by atoms with van der Waals surface area (Å²) in [6.45, 7) is 6.52. The van der Waals surface area contributed by atoms with Crippen LogP contribution in [0.5, 0.6) is 0 Å². The van der Waals surface area contributed by atoms with Gasteiger partial charge in [0.1, 0.15) is 6.54 Å². The highest BCUT2D eigenvalue weighted by molar-refractivity contribution is 5.84. The van der Waals surface area contributed by atoms with Crippen LogP contribution < -0.4 is 16.4 Å². The SMILES string of the molecule is CC(C)(C)NC(=O)CN=C(N)NCCc1ccccc1. The summed E-state index contributed by atoms with van der Waals surface area (Å²) in [6, 6.07) is 10.1. The van der Waals surface area contributed by atoms with E-state index in [0.29, 0.717) is 12.5 Å². The number of nitrogens with two attached hydrogens (primary N) is 1. The third-order valence-electron chi connectivity index (χ3n) is 2.47. The summed E-state index contributed by atoms with van der Waals surface area (Å²) in [6.07, 6.45) is 0.866. The van der Waals surface area contributed by atoms with Gasteiger partial charge in [-0.05, 0) is 32.8 Å². The summed E-state index contributed by atoms with van der Waals surface area (Å²) >= 11 is 0. The molecule has 20 heavy (non-hydrogen) atoms. The van der Waals surface area contributed by atoms with Crippen LogP contribution in [0.3, 0.4) is 0 Å². The lowest BCUT2D eigenvalue weighted by Gasteiger charge is -2.19. The minimum Gasteiger partial charge on any atom is -0.370 e. The van der Waals surface area contributed by atoms with Crippen LogP contribution >= 0.6 is 0 Å². The monoisotopic (exact) mass is 276 g/mol. The minimum absolute atomic E-state index is 0.0431. The first-order chi connectivity index (χ1) is 9.37. The number of nitrogens with one attached hydrogen (secondary N) is 2. The van der Waals surface area contributed by atoms with E-state index in [0.717, 1.165) is 6.42 Å². The Morgan fingerprint density at radius 1 is 1.25 bits per heavy atom. The number of carbonyl (C=O) groups excluding carboxylic acids is 1. The van der Waals surface area contributed by atoms with Gasteiger partial charge < -0.3 is 16.4 Å². The molecule has 4 N–H and O–H groups in total. The Labute approximate surface area is 120 Å². The van der Waals surface area contributed by atoms with Gasteiger partial charge in [-0.2, -0.15) is 0 Å². The smallest absolute Gasteiger partial charge is 0.242 e. The number of rotatable bonds is 5. The second kappa shape index (κ2) is 7.53. The van der Waals surface area contributed by atoms with Crippen LogP contribution in [0.15, 0.2) is 35.3 Å². The summed E-state index contributed by atoms with van der Waals surface area (Å²) in [7, 11) is 0. The standard InChI is InChI=1S/C15H24N4O/c1-15(2,3)19-13(20)11-18-14(16)17-10-9-12-7-5-4-6-8-12/h4-8H,9-11H2,1-3H3,(H,19,20)(H3,16,17,18). The van der Waals surface area contributed by atoms with E-state index in [1.807, 2.05) is 39.0 Å². The molecule has 1 rings (SSSR count). The van der Waals surface area contributed by atoms with Gasteiger partial charge in [0.25, 0.3) is 0 Å². The molecule has 0 aliphatic rings. The second-order valence-electron chi connectivity index (χ2n) is 5.66. The molecule has 5 heteroatoms. The van der Waals surface area contributed by atoms with Crippen LogP contribution in [0.1, 0.15) is 26.3 Å². The fraction of sp³-hybridized carbons (Fsp3) is 0.467. The van der Waals surface area contributed by atoms with E-state index in [2.05, 4.69) is 27.8 Å². The van der Waals surface area contributed by atoms with Crippen LogP contribution in [0.4, 0.5) is 0 Å². The van der Waals surface area contributed by atoms with E-state index in [-0.39, 0.29) is 18.0 Å². The van der Waals surface area contributed by atoms with Crippen LogP contribution in [0, 0.1) is 0 Å². The molecule has 0 saturated heterocycles. The average Bonchev–Trinajstić information content (AvgIpc) is 2.36. The molecular formula is C15H24N4O. The van der Waals surface area contributed by atoms with Gasteiger partial charge in [-0.25, -0.2) is 4.99 Å². The first-order valence-electron chi connectivity index (χ1n) is 6.75. The molecule has 110 valence electrons. The van der Waals surface area contributed by atoms with E-state index in [1.54, 1.807) is 0 Å². The number of amides is 1. The maximum Gasteiger partial charge on any atom is 0.242 e. The van der Waals surface area contributed by atoms with Gasteiger partial charge in [0.05, 0.1) is 0 Å². The number of benzene rings is 1. The van der Waals surface area contributed by atoms with E-state index in [1.165, 1.54) is 5.56 Å². The van der Waals surface area contributed by atoms with Crippen molar-refractivity contribution in [3.8, 4) is 0 Å². The number of hydrogen-bond donors (Lipinski definition) is 3. The van der Waals surface area contributed by atoms with Gasteiger partial charge in [0.2, 0.25) is 5.91 Å². The molecule has 0 saturated carbocycles. The molecule has 0 aliphatic carbocycles. The predicted molar refractivity (Wildman–Crippen MR) is 82.5 cm³/mol. The van der Waals surface area contributed by atoms with Crippen molar-refractivity contribution in [2.75, 3.05) is 13.1 Å². The summed E-state index contributed by atoms with van der Waals surface area (Å²) in [5, 5.41) is 5.82. The van der Waals surface area contributed by atoms with E-state index in [4.69, 9.17) is 5.73 Å². The molecule has 5 nitrogen and oxygen atoms in total. The maximum atomic E-state index is 11.6. The molecule has 1 amide bonds. The highest BCUT2D eigenvalue weighted by Gasteiger charge is 2.12. The lowest BCUT2D eigenvalue weighted by atomic mass is 10.1. The zero-order valence-corrected chi connectivity index (χ0v) is 12.4. The molecule has 0 unspecified atom stereocenters. The van der Waals surface area contributed by atoms with Crippen molar-refractivity contribution in [3.63, 3.8) is 0 Å². The number of aliphatic imine (C=N–C) groups is 1. The summed E-state index contributed by atoms with van der Waals surface area (Å²) in [5.41, 5.74) is 6.70. The molecule has 0 spiro atoms. The molecule has 0 radical (unpaired) electrons. The van der Waals surface area contributed by atoms with Crippen molar-refractivity contribution >= 4 is 11.9 Å². The number of carbonyl (C=O) groups is 1. The Kier molecular flexibility index (Phi) is 6.03. The van der Waals surface area contributed by atoms with Gasteiger partial charge >= 0.3 is 0 Å². The second-order valence-corrected chi connectivity index (χ2v) is 5.66. The topological polar surface area (TPSA) is 79.5 Å². The summed E-state index contributed by atoms with van der Waals surface area (Å²) < 4.78 is 0. The Balaban J connectivity index is 2.27. The predicted octanol–water partition coefficient (Wildman–Crippen LogP) is 1.05. The molecule has 0 bridgehead atoms. The first kappa shape index (κ1) is 16.0. The molecule has 1 aromatic carbocycles. The molecule has 1 aromatic rings. The highest BCUT2D eigenvalue weighted by atomic mass is 16.2. The zero-order valence-electron chi connectivity index (χ0n) is 12.4. The van der Waals surface area contributed by atoms with Crippen LogP contribution in [0.2, 0.25) is 0 Å². The Hall–Kier alpha value is -2.04. The zero-order chi connectivity index (χ0) is 15.0. The largest absolute Gasteiger partial charge is 0.370 e. The van der Waals surface area contributed by atoms with Crippen molar-refractivity contribution in [1.29, 1.82) is 0 Å². The molecular weight excluding hydrogens is 252 g/mol. The Morgan fingerprint density at radius 2 is 1.90 bits per heavy atom. The van der Waals surface area contributed by atoms with E-state index >= 15 is 0 Å². The van der Waals surface area contributed by atoms with Crippen LogP contribution in [-0.4, -0.2) is 30.5 Å². The van der Waals surface area contributed by atoms with Crippen LogP contribution in [0.25, 0.3) is 0 Å². The molecule has 0 fully saturated rings. The van der Waals surface area contributed by atoms with Gasteiger partial charge in [-0.3, -0.25) is 4.79 Å². The van der Waals surface area contributed by atoms with Gasteiger partial charge in [0, 0.05) is 12.1 Å². The lowest BCUT2D eigenvalue weighted by Crippen LogP contribution is -2.42. The normalized spacial score (nSPS) is 12.1. The minimum atomic E-state index is -0.248. The first-order valence-corrected chi connectivity index (χ1v) is 6.75. The lowest BCUT2D eigenvalue weighted by molar-refractivity contribution is -0.121. The van der Waals surface area contributed by atoms with Crippen molar-refractivity contribution in [2.45, 2.75) is 32.7 Å². The fourth-order valence-corrected chi connectivity index (χ4v) is 1.65. The molecule has 0 aromatic heterocycles. The van der Waals surface area contributed by atoms with E-state index < -0.39 is 0 Å². The summed E-state index contributed by atoms with van der Waals surface area (Å²) in [4.78, 5) is 15.6. The Morgan fingerprint density at radius 3 is 2.50 bits per heavy atom. The van der Waals surface area contributed by atoms with Crippen molar-refractivity contribution in [2.24, 2.45) is 10.7 Å². The number of guanidine groups is 1. The molecule has 0 heterocycles. The van der Waals surface area contributed by atoms with Gasteiger partial charge in [-0.1, -0.05) is 30.3 Å². The molecule has 0 aliphatic heterocycles. The maximum absolute atomic E-state index is 11.6. The highest BCUT2D eigenvalue weighted by Crippen LogP contribution is 1.98. The quantitative estimate of drug-likeness (QED) is 0.555. The number of hydrogen-bond acceptors (Lipinski definition) is 2. The fourth-order valence-electron chi connectivity index (χ4n) is 1.65. The van der Waals surface area contributed by atoms with Crippen molar-refractivity contribution in [1.82, 2.24) is 10.6 Å².